The number of halogens is 2. The van der Waals surface area contributed by atoms with Crippen molar-refractivity contribution in [3.05, 3.63) is 40.2 Å². The van der Waals surface area contributed by atoms with Gasteiger partial charge in [0, 0.05) is 47.3 Å². The van der Waals surface area contributed by atoms with Crippen molar-refractivity contribution in [2.45, 2.75) is 0 Å². The van der Waals surface area contributed by atoms with Crippen LogP contribution in [-0.2, 0) is 9.84 Å². The number of rotatable bonds is 2. The molecule has 1 fully saturated rings. The molecule has 1 aliphatic rings. The van der Waals surface area contributed by atoms with Gasteiger partial charge < -0.3 is 4.90 Å². The standard InChI is InChI=1S/C14H13BrClN3O2S/c15-12-8-18-14(19-3-5-22(20,21)6-4-19)7-11(12)10-1-2-17-9-13(10)16/h1-2,7-9H,3-6H2. The average Bonchev–Trinajstić information content (AvgIpc) is 2.49. The zero-order valence-electron chi connectivity index (χ0n) is 11.5. The van der Waals surface area contributed by atoms with E-state index in [0.717, 1.165) is 21.4 Å². The molecule has 0 saturated carbocycles. The predicted octanol–water partition coefficient (Wildman–Crippen LogP) is 2.79. The molecule has 1 aliphatic heterocycles. The summed E-state index contributed by atoms with van der Waals surface area (Å²) in [5.41, 5.74) is 1.77. The summed E-state index contributed by atoms with van der Waals surface area (Å²) in [7, 11) is -2.91. The summed E-state index contributed by atoms with van der Waals surface area (Å²) in [6, 6.07) is 3.76. The van der Waals surface area contributed by atoms with E-state index in [0.29, 0.717) is 18.1 Å². The van der Waals surface area contributed by atoms with Gasteiger partial charge in [-0.25, -0.2) is 13.4 Å². The molecule has 0 N–H and O–H groups in total. The van der Waals surface area contributed by atoms with Crippen molar-refractivity contribution in [2.75, 3.05) is 29.5 Å². The smallest absolute Gasteiger partial charge is 0.153 e. The molecule has 0 unspecified atom stereocenters. The van der Waals surface area contributed by atoms with Crippen molar-refractivity contribution in [3.8, 4) is 11.1 Å². The average molecular weight is 403 g/mol. The molecule has 0 spiro atoms. The first-order chi connectivity index (χ1) is 10.5. The van der Waals surface area contributed by atoms with Gasteiger partial charge in [-0.2, -0.15) is 0 Å². The third-order valence-electron chi connectivity index (χ3n) is 3.57. The van der Waals surface area contributed by atoms with E-state index in [9.17, 15) is 8.42 Å². The van der Waals surface area contributed by atoms with Crippen LogP contribution in [0.1, 0.15) is 0 Å². The minimum atomic E-state index is -2.91. The highest BCUT2D eigenvalue weighted by Gasteiger charge is 2.23. The van der Waals surface area contributed by atoms with Crippen LogP contribution in [0, 0.1) is 0 Å². The lowest BCUT2D eigenvalue weighted by Crippen LogP contribution is -2.40. The normalized spacial score (nSPS) is 17.5. The minimum absolute atomic E-state index is 0.163. The molecule has 3 rings (SSSR count). The minimum Gasteiger partial charge on any atom is -0.355 e. The van der Waals surface area contributed by atoms with E-state index < -0.39 is 9.84 Å². The molecule has 0 radical (unpaired) electrons. The van der Waals surface area contributed by atoms with Crippen LogP contribution in [0.15, 0.2) is 35.2 Å². The molecule has 5 nitrogen and oxygen atoms in total. The number of nitrogens with zero attached hydrogens (tertiary/aromatic N) is 3. The highest BCUT2D eigenvalue weighted by Crippen LogP contribution is 2.34. The molecule has 0 amide bonds. The van der Waals surface area contributed by atoms with Crippen molar-refractivity contribution >= 4 is 43.2 Å². The molecule has 2 aromatic heterocycles. The van der Waals surface area contributed by atoms with E-state index in [1.807, 2.05) is 17.0 Å². The Balaban J connectivity index is 1.96. The van der Waals surface area contributed by atoms with Gasteiger partial charge in [-0.15, -0.1) is 0 Å². The number of aromatic nitrogens is 2. The maximum absolute atomic E-state index is 11.5. The Bertz CT molecular complexity index is 799. The SMILES string of the molecule is O=S1(=O)CCN(c2cc(-c3ccncc3Cl)c(Br)cn2)CC1. The van der Waals surface area contributed by atoms with Crippen LogP contribution in [0.2, 0.25) is 5.02 Å². The Labute approximate surface area is 142 Å². The van der Waals surface area contributed by atoms with Crippen molar-refractivity contribution in [3.63, 3.8) is 0 Å². The second-order valence-corrected chi connectivity index (χ2v) is 8.58. The molecule has 1 saturated heterocycles. The largest absolute Gasteiger partial charge is 0.355 e. The highest BCUT2D eigenvalue weighted by atomic mass is 79.9. The van der Waals surface area contributed by atoms with Gasteiger partial charge in [0.1, 0.15) is 5.82 Å². The van der Waals surface area contributed by atoms with Crippen LogP contribution in [-0.4, -0.2) is 43.0 Å². The third-order valence-corrected chi connectivity index (χ3v) is 6.11. The van der Waals surface area contributed by atoms with Gasteiger partial charge in [0.25, 0.3) is 0 Å². The number of pyridine rings is 2. The molecule has 0 aromatic carbocycles. The summed E-state index contributed by atoms with van der Waals surface area (Å²) in [6.07, 6.45) is 4.99. The summed E-state index contributed by atoms with van der Waals surface area (Å²) < 4.78 is 23.9. The van der Waals surface area contributed by atoms with E-state index in [1.54, 1.807) is 18.6 Å². The first-order valence-electron chi connectivity index (χ1n) is 6.67. The number of anilines is 1. The van der Waals surface area contributed by atoms with E-state index in [2.05, 4.69) is 25.9 Å². The number of sulfone groups is 1. The lowest BCUT2D eigenvalue weighted by molar-refractivity contribution is 0.586. The van der Waals surface area contributed by atoms with Gasteiger partial charge in [0.2, 0.25) is 0 Å². The molecule has 3 heterocycles. The van der Waals surface area contributed by atoms with Gasteiger partial charge in [0.15, 0.2) is 9.84 Å². The number of hydrogen-bond acceptors (Lipinski definition) is 5. The van der Waals surface area contributed by atoms with Crippen molar-refractivity contribution in [1.29, 1.82) is 0 Å². The second-order valence-electron chi connectivity index (χ2n) is 5.02. The summed E-state index contributed by atoms with van der Waals surface area (Å²) >= 11 is 9.70. The molecule has 2 aromatic rings. The van der Waals surface area contributed by atoms with Gasteiger partial charge in [-0.05, 0) is 28.1 Å². The summed E-state index contributed by atoms with van der Waals surface area (Å²) in [4.78, 5) is 10.4. The molecular formula is C14H13BrClN3O2S. The zero-order valence-corrected chi connectivity index (χ0v) is 14.7. The summed E-state index contributed by atoms with van der Waals surface area (Å²) in [5.74, 6) is 1.08. The Hall–Kier alpha value is -1.18. The Morgan fingerprint density at radius 2 is 1.91 bits per heavy atom. The summed E-state index contributed by atoms with van der Waals surface area (Å²) in [5, 5.41) is 0.557. The van der Waals surface area contributed by atoms with Crippen LogP contribution in [0.25, 0.3) is 11.1 Å². The van der Waals surface area contributed by atoms with Crippen molar-refractivity contribution in [2.24, 2.45) is 0 Å². The Kier molecular flexibility index (Phi) is 4.38. The van der Waals surface area contributed by atoms with Gasteiger partial charge in [-0.3, -0.25) is 4.98 Å². The first-order valence-corrected chi connectivity index (χ1v) is 9.66. The molecule has 0 aliphatic carbocycles. The quantitative estimate of drug-likeness (QED) is 0.773. The van der Waals surface area contributed by atoms with E-state index in [4.69, 9.17) is 11.6 Å². The van der Waals surface area contributed by atoms with E-state index >= 15 is 0 Å². The molecule has 0 atom stereocenters. The van der Waals surface area contributed by atoms with Crippen LogP contribution in [0.3, 0.4) is 0 Å². The fourth-order valence-corrected chi connectivity index (χ4v) is 4.19. The lowest BCUT2D eigenvalue weighted by Gasteiger charge is -2.28. The van der Waals surface area contributed by atoms with Crippen molar-refractivity contribution < 1.29 is 8.42 Å². The predicted molar refractivity (Wildman–Crippen MR) is 91.0 cm³/mol. The van der Waals surface area contributed by atoms with E-state index in [-0.39, 0.29) is 11.5 Å². The Morgan fingerprint density at radius 3 is 2.59 bits per heavy atom. The molecule has 116 valence electrons. The van der Waals surface area contributed by atoms with Crippen LogP contribution < -0.4 is 4.90 Å². The molecule has 8 heteroatoms. The fourth-order valence-electron chi connectivity index (χ4n) is 2.34. The topological polar surface area (TPSA) is 63.2 Å². The van der Waals surface area contributed by atoms with Crippen LogP contribution in [0.5, 0.6) is 0 Å². The third kappa shape index (κ3) is 3.26. The first kappa shape index (κ1) is 15.7. The lowest BCUT2D eigenvalue weighted by atomic mass is 10.1. The highest BCUT2D eigenvalue weighted by molar-refractivity contribution is 9.10. The van der Waals surface area contributed by atoms with Gasteiger partial charge in [0.05, 0.1) is 16.5 Å². The molecule has 0 bridgehead atoms. The second kappa shape index (κ2) is 6.14. The maximum Gasteiger partial charge on any atom is 0.153 e. The van der Waals surface area contributed by atoms with Crippen LogP contribution in [0.4, 0.5) is 5.82 Å². The van der Waals surface area contributed by atoms with Crippen molar-refractivity contribution in [1.82, 2.24) is 9.97 Å². The number of hydrogen-bond donors (Lipinski definition) is 0. The van der Waals surface area contributed by atoms with E-state index in [1.165, 1.54) is 0 Å². The van der Waals surface area contributed by atoms with Gasteiger partial charge >= 0.3 is 0 Å². The molecular weight excluding hydrogens is 390 g/mol. The van der Waals surface area contributed by atoms with Gasteiger partial charge in [-0.1, -0.05) is 11.6 Å². The summed E-state index contributed by atoms with van der Waals surface area (Å²) in [6.45, 7) is 0.918. The monoisotopic (exact) mass is 401 g/mol. The van der Waals surface area contributed by atoms with Crippen LogP contribution >= 0.6 is 27.5 Å². The zero-order chi connectivity index (χ0) is 15.7. The maximum atomic E-state index is 11.5. The Morgan fingerprint density at radius 1 is 1.18 bits per heavy atom. The molecule has 22 heavy (non-hydrogen) atoms. The fraction of sp³-hybridized carbons (Fsp3) is 0.286.